The zero-order chi connectivity index (χ0) is 13.3. The second-order valence-corrected chi connectivity index (χ2v) is 4.44. The number of hydrogen-bond donors (Lipinski definition) is 2. The summed E-state index contributed by atoms with van der Waals surface area (Å²) in [5.74, 6) is -0.293. The number of hydrogen-bond acceptors (Lipinski definition) is 3. The number of carbonyl (C=O) groups excluding carboxylic acids is 1. The monoisotopic (exact) mass is 244 g/mol. The molecule has 1 aromatic heterocycles. The van der Waals surface area contributed by atoms with Gasteiger partial charge in [0.1, 0.15) is 0 Å². The van der Waals surface area contributed by atoms with Gasteiger partial charge in [-0.2, -0.15) is 5.10 Å². The molecule has 0 atom stereocenters. The third-order valence-electron chi connectivity index (χ3n) is 2.55. The van der Waals surface area contributed by atoms with E-state index in [0.29, 0.717) is 5.69 Å². The standard InChI is InChI=1S/C13H16N4O/c1-8-4-9(2)6-10(5-8)15-13(18)12-11(14)7-17(3)16-12/h4-7H,14H2,1-3H3,(H,15,18). The van der Waals surface area contributed by atoms with Crippen LogP contribution >= 0.6 is 0 Å². The lowest BCUT2D eigenvalue weighted by Gasteiger charge is -2.06. The van der Waals surface area contributed by atoms with Crippen LogP contribution in [-0.2, 0) is 7.05 Å². The predicted molar refractivity (Wildman–Crippen MR) is 71.5 cm³/mol. The van der Waals surface area contributed by atoms with E-state index in [9.17, 15) is 4.79 Å². The molecule has 18 heavy (non-hydrogen) atoms. The van der Waals surface area contributed by atoms with Gasteiger partial charge in [0.15, 0.2) is 5.69 Å². The van der Waals surface area contributed by atoms with E-state index < -0.39 is 0 Å². The Morgan fingerprint density at radius 1 is 1.28 bits per heavy atom. The van der Waals surface area contributed by atoms with Crippen LogP contribution in [0.25, 0.3) is 0 Å². The van der Waals surface area contributed by atoms with Gasteiger partial charge >= 0.3 is 0 Å². The third-order valence-corrected chi connectivity index (χ3v) is 2.55. The van der Waals surface area contributed by atoms with Crippen molar-refractivity contribution < 1.29 is 4.79 Å². The first-order valence-electron chi connectivity index (χ1n) is 5.64. The number of amides is 1. The molecule has 3 N–H and O–H groups in total. The first-order chi connectivity index (χ1) is 8.45. The molecular weight excluding hydrogens is 228 g/mol. The number of nitrogens with two attached hydrogens (primary N) is 1. The van der Waals surface area contributed by atoms with Gasteiger partial charge in [-0.3, -0.25) is 9.48 Å². The van der Waals surface area contributed by atoms with Crippen LogP contribution in [-0.4, -0.2) is 15.7 Å². The Morgan fingerprint density at radius 3 is 2.39 bits per heavy atom. The molecule has 5 heteroatoms. The molecule has 0 saturated carbocycles. The summed E-state index contributed by atoms with van der Waals surface area (Å²) in [6.07, 6.45) is 1.61. The van der Waals surface area contributed by atoms with Crippen molar-refractivity contribution in [3.05, 3.63) is 41.2 Å². The topological polar surface area (TPSA) is 72.9 Å². The van der Waals surface area contributed by atoms with Crippen LogP contribution in [0.3, 0.4) is 0 Å². The number of aryl methyl sites for hydroxylation is 3. The normalized spacial score (nSPS) is 10.4. The highest BCUT2D eigenvalue weighted by atomic mass is 16.2. The maximum Gasteiger partial charge on any atom is 0.278 e. The number of anilines is 2. The van der Waals surface area contributed by atoms with Gasteiger partial charge < -0.3 is 11.1 Å². The van der Waals surface area contributed by atoms with E-state index in [1.807, 2.05) is 32.0 Å². The highest BCUT2D eigenvalue weighted by Gasteiger charge is 2.14. The number of nitrogens with one attached hydrogen (secondary N) is 1. The molecule has 0 aliphatic heterocycles. The maximum atomic E-state index is 12.0. The second kappa shape index (κ2) is 4.52. The van der Waals surface area contributed by atoms with Crippen LogP contribution in [0, 0.1) is 13.8 Å². The molecule has 0 fully saturated rings. The smallest absolute Gasteiger partial charge is 0.278 e. The van der Waals surface area contributed by atoms with Crippen molar-refractivity contribution in [2.75, 3.05) is 11.1 Å². The van der Waals surface area contributed by atoms with Gasteiger partial charge in [0.25, 0.3) is 5.91 Å². The summed E-state index contributed by atoms with van der Waals surface area (Å²) in [6, 6.07) is 5.86. The molecule has 0 saturated heterocycles. The van der Waals surface area contributed by atoms with Crippen molar-refractivity contribution in [2.45, 2.75) is 13.8 Å². The van der Waals surface area contributed by atoms with Gasteiger partial charge in [-0.05, 0) is 37.1 Å². The van der Waals surface area contributed by atoms with Gasteiger partial charge in [-0.25, -0.2) is 0 Å². The fraction of sp³-hybridized carbons (Fsp3) is 0.231. The van der Waals surface area contributed by atoms with E-state index in [-0.39, 0.29) is 11.6 Å². The van der Waals surface area contributed by atoms with Crippen LogP contribution in [0.15, 0.2) is 24.4 Å². The summed E-state index contributed by atoms with van der Waals surface area (Å²) in [4.78, 5) is 12.0. The highest BCUT2D eigenvalue weighted by molar-refractivity contribution is 6.06. The fourth-order valence-corrected chi connectivity index (χ4v) is 1.92. The van der Waals surface area contributed by atoms with E-state index in [4.69, 9.17) is 5.73 Å². The first kappa shape index (κ1) is 12.2. The van der Waals surface area contributed by atoms with E-state index in [1.54, 1.807) is 13.2 Å². The fourth-order valence-electron chi connectivity index (χ4n) is 1.92. The number of carbonyl (C=O) groups is 1. The highest BCUT2D eigenvalue weighted by Crippen LogP contribution is 2.16. The summed E-state index contributed by atoms with van der Waals surface area (Å²) >= 11 is 0. The van der Waals surface area contributed by atoms with Gasteiger partial charge in [0.2, 0.25) is 0 Å². The van der Waals surface area contributed by atoms with Gasteiger partial charge in [0, 0.05) is 18.9 Å². The molecule has 0 spiro atoms. The van der Waals surface area contributed by atoms with Crippen LogP contribution in [0.1, 0.15) is 21.6 Å². The lowest BCUT2D eigenvalue weighted by Crippen LogP contribution is -2.14. The maximum absolute atomic E-state index is 12.0. The summed E-state index contributed by atoms with van der Waals surface area (Å²) < 4.78 is 1.52. The number of nitrogens with zero attached hydrogens (tertiary/aromatic N) is 2. The summed E-state index contributed by atoms with van der Waals surface area (Å²) in [5, 5.41) is 6.83. The van der Waals surface area contributed by atoms with Crippen molar-refractivity contribution in [3.8, 4) is 0 Å². The minimum absolute atomic E-state index is 0.247. The van der Waals surface area contributed by atoms with Crippen LogP contribution < -0.4 is 11.1 Å². The summed E-state index contributed by atoms with van der Waals surface area (Å²) in [7, 11) is 1.73. The summed E-state index contributed by atoms with van der Waals surface area (Å²) in [5.41, 5.74) is 9.28. The molecule has 94 valence electrons. The zero-order valence-corrected chi connectivity index (χ0v) is 10.7. The van der Waals surface area contributed by atoms with Crippen LogP contribution in [0.2, 0.25) is 0 Å². The Bertz CT molecular complexity index is 581. The van der Waals surface area contributed by atoms with Crippen molar-refractivity contribution in [1.82, 2.24) is 9.78 Å². The Morgan fingerprint density at radius 2 is 1.89 bits per heavy atom. The Hall–Kier alpha value is -2.30. The quantitative estimate of drug-likeness (QED) is 0.847. The van der Waals surface area contributed by atoms with Gasteiger partial charge in [-0.1, -0.05) is 6.07 Å². The molecule has 1 heterocycles. The van der Waals surface area contributed by atoms with Crippen molar-refractivity contribution in [2.24, 2.45) is 7.05 Å². The van der Waals surface area contributed by atoms with Crippen molar-refractivity contribution in [1.29, 1.82) is 0 Å². The molecule has 0 aliphatic rings. The van der Waals surface area contributed by atoms with Crippen molar-refractivity contribution >= 4 is 17.3 Å². The average Bonchev–Trinajstić information content (AvgIpc) is 2.56. The number of nitrogen functional groups attached to an aromatic ring is 1. The largest absolute Gasteiger partial charge is 0.396 e. The van der Waals surface area contributed by atoms with Crippen LogP contribution in [0.4, 0.5) is 11.4 Å². The number of aromatic nitrogens is 2. The molecule has 0 unspecified atom stereocenters. The molecule has 1 aromatic carbocycles. The lowest BCUT2D eigenvalue weighted by molar-refractivity contribution is 0.102. The minimum Gasteiger partial charge on any atom is -0.396 e. The SMILES string of the molecule is Cc1cc(C)cc(NC(=O)c2nn(C)cc2N)c1. The molecule has 2 aromatic rings. The summed E-state index contributed by atoms with van der Waals surface area (Å²) in [6.45, 7) is 3.97. The van der Waals surface area contributed by atoms with E-state index >= 15 is 0 Å². The zero-order valence-electron chi connectivity index (χ0n) is 10.7. The molecule has 1 amide bonds. The van der Waals surface area contributed by atoms with Gasteiger partial charge in [0.05, 0.1) is 5.69 Å². The number of rotatable bonds is 2. The molecular formula is C13H16N4O. The average molecular weight is 244 g/mol. The molecule has 0 bridgehead atoms. The Labute approximate surface area is 106 Å². The molecule has 2 rings (SSSR count). The van der Waals surface area contributed by atoms with E-state index in [2.05, 4.69) is 10.4 Å². The lowest BCUT2D eigenvalue weighted by atomic mass is 10.1. The van der Waals surface area contributed by atoms with Crippen LogP contribution in [0.5, 0.6) is 0 Å². The predicted octanol–water partition coefficient (Wildman–Crippen LogP) is 1.87. The first-order valence-corrected chi connectivity index (χ1v) is 5.64. The molecule has 5 nitrogen and oxygen atoms in total. The molecule has 0 aliphatic carbocycles. The third kappa shape index (κ3) is 2.51. The number of benzene rings is 1. The van der Waals surface area contributed by atoms with Crippen molar-refractivity contribution in [3.63, 3.8) is 0 Å². The van der Waals surface area contributed by atoms with E-state index in [0.717, 1.165) is 16.8 Å². The second-order valence-electron chi connectivity index (χ2n) is 4.44. The van der Waals surface area contributed by atoms with Gasteiger partial charge in [-0.15, -0.1) is 0 Å². The minimum atomic E-state index is -0.293. The molecule has 0 radical (unpaired) electrons. The Kier molecular flexibility index (Phi) is 3.06. The Balaban J connectivity index is 2.23. The van der Waals surface area contributed by atoms with E-state index in [1.165, 1.54) is 4.68 Å².